The highest BCUT2D eigenvalue weighted by Gasteiger charge is 2.02. The zero-order valence-corrected chi connectivity index (χ0v) is 7.77. The summed E-state index contributed by atoms with van der Waals surface area (Å²) in [7, 11) is 0. The Kier molecular flexibility index (Phi) is 2.19. The lowest BCUT2D eigenvalue weighted by atomic mass is 10.2. The number of hydrogen-bond donors (Lipinski definition) is 0. The Bertz CT molecular complexity index is 357. The van der Waals surface area contributed by atoms with Gasteiger partial charge >= 0.3 is 0 Å². The standard InChI is InChI=1S/C9H6ClNS/c10-9-6-5-7-3-1-2-4-8(7)12-11-9/h1-6H. The minimum Gasteiger partial charge on any atom is -0.199 e. The normalized spacial score (nSPS) is 14.9. The average Bonchev–Trinajstić information content (AvgIpc) is 2.29. The molecule has 0 bridgehead atoms. The summed E-state index contributed by atoms with van der Waals surface area (Å²) < 4.78 is 4.08. The number of benzene rings is 1. The fourth-order valence-electron chi connectivity index (χ4n) is 0.983. The Balaban J connectivity index is 2.48. The van der Waals surface area contributed by atoms with Gasteiger partial charge in [0.15, 0.2) is 0 Å². The van der Waals surface area contributed by atoms with E-state index in [0.29, 0.717) is 5.17 Å². The lowest BCUT2D eigenvalue weighted by Crippen LogP contribution is -1.74. The molecule has 1 heterocycles. The Morgan fingerprint density at radius 2 is 2.00 bits per heavy atom. The summed E-state index contributed by atoms with van der Waals surface area (Å²) in [6, 6.07) is 8.07. The smallest absolute Gasteiger partial charge is 0.137 e. The van der Waals surface area contributed by atoms with Crippen LogP contribution in [0.2, 0.25) is 0 Å². The first-order chi connectivity index (χ1) is 5.86. The molecule has 0 spiro atoms. The van der Waals surface area contributed by atoms with Crippen molar-refractivity contribution in [1.82, 2.24) is 0 Å². The van der Waals surface area contributed by atoms with Crippen LogP contribution in [-0.4, -0.2) is 5.17 Å². The van der Waals surface area contributed by atoms with Crippen LogP contribution in [0, 0.1) is 0 Å². The number of nitrogens with zero attached hydrogens (tertiary/aromatic N) is 1. The molecule has 1 aliphatic heterocycles. The number of allylic oxidation sites excluding steroid dienone is 1. The molecule has 1 aromatic rings. The van der Waals surface area contributed by atoms with Crippen molar-refractivity contribution in [2.24, 2.45) is 4.40 Å². The van der Waals surface area contributed by atoms with Gasteiger partial charge in [0.1, 0.15) is 5.17 Å². The van der Waals surface area contributed by atoms with Gasteiger partial charge in [-0.2, -0.15) is 4.40 Å². The van der Waals surface area contributed by atoms with Crippen molar-refractivity contribution < 1.29 is 0 Å². The lowest BCUT2D eigenvalue weighted by molar-refractivity contribution is 1.43. The minimum atomic E-state index is 0.538. The van der Waals surface area contributed by atoms with Crippen molar-refractivity contribution in [2.45, 2.75) is 4.90 Å². The van der Waals surface area contributed by atoms with E-state index in [0.717, 1.165) is 4.90 Å². The van der Waals surface area contributed by atoms with Crippen LogP contribution >= 0.6 is 23.5 Å². The van der Waals surface area contributed by atoms with Crippen molar-refractivity contribution in [3.05, 3.63) is 35.9 Å². The number of fused-ring (bicyclic) bond motifs is 1. The van der Waals surface area contributed by atoms with E-state index in [2.05, 4.69) is 4.40 Å². The quantitative estimate of drug-likeness (QED) is 0.579. The number of halogens is 1. The predicted octanol–water partition coefficient (Wildman–Crippen LogP) is 3.36. The summed E-state index contributed by atoms with van der Waals surface area (Å²) in [6.07, 6.45) is 3.78. The third-order valence-corrected chi connectivity index (χ3v) is 2.72. The molecule has 0 N–H and O–H groups in total. The van der Waals surface area contributed by atoms with Crippen LogP contribution in [0.15, 0.2) is 39.6 Å². The van der Waals surface area contributed by atoms with Crippen LogP contribution in [0.3, 0.4) is 0 Å². The van der Waals surface area contributed by atoms with Gasteiger partial charge in [-0.25, -0.2) is 0 Å². The van der Waals surface area contributed by atoms with E-state index >= 15 is 0 Å². The Hall–Kier alpha value is -0.730. The average molecular weight is 196 g/mol. The van der Waals surface area contributed by atoms with Crippen LogP contribution in [0.1, 0.15) is 5.56 Å². The largest absolute Gasteiger partial charge is 0.199 e. The van der Waals surface area contributed by atoms with E-state index in [1.807, 2.05) is 30.3 Å². The Labute approximate surface area is 80.3 Å². The molecule has 60 valence electrons. The molecule has 0 saturated carbocycles. The fourth-order valence-corrected chi connectivity index (χ4v) is 1.78. The monoisotopic (exact) mass is 195 g/mol. The van der Waals surface area contributed by atoms with Gasteiger partial charge in [-0.1, -0.05) is 35.9 Å². The summed E-state index contributed by atoms with van der Waals surface area (Å²) in [4.78, 5) is 1.14. The van der Waals surface area contributed by atoms with Gasteiger partial charge < -0.3 is 0 Å². The van der Waals surface area contributed by atoms with Crippen molar-refractivity contribution in [3.8, 4) is 0 Å². The Morgan fingerprint density at radius 1 is 1.17 bits per heavy atom. The van der Waals surface area contributed by atoms with E-state index in [4.69, 9.17) is 11.6 Å². The minimum absolute atomic E-state index is 0.538. The maximum Gasteiger partial charge on any atom is 0.137 e. The van der Waals surface area contributed by atoms with Crippen molar-refractivity contribution in [2.75, 3.05) is 0 Å². The summed E-state index contributed by atoms with van der Waals surface area (Å²) in [5, 5.41) is 0.538. The Morgan fingerprint density at radius 3 is 2.92 bits per heavy atom. The van der Waals surface area contributed by atoms with Gasteiger partial charge in [-0.15, -0.1) is 0 Å². The van der Waals surface area contributed by atoms with E-state index in [1.54, 1.807) is 6.08 Å². The predicted molar refractivity (Wildman–Crippen MR) is 54.6 cm³/mol. The third-order valence-electron chi connectivity index (χ3n) is 1.55. The van der Waals surface area contributed by atoms with Crippen molar-refractivity contribution >= 4 is 34.8 Å². The molecule has 12 heavy (non-hydrogen) atoms. The molecule has 0 aromatic heterocycles. The van der Waals surface area contributed by atoms with Gasteiger partial charge in [0.2, 0.25) is 0 Å². The van der Waals surface area contributed by atoms with E-state index in [1.165, 1.54) is 17.5 Å². The molecular weight excluding hydrogens is 190 g/mol. The molecule has 2 rings (SSSR count). The van der Waals surface area contributed by atoms with E-state index in [9.17, 15) is 0 Å². The van der Waals surface area contributed by atoms with Crippen LogP contribution < -0.4 is 0 Å². The zero-order chi connectivity index (χ0) is 8.39. The maximum atomic E-state index is 5.75. The zero-order valence-electron chi connectivity index (χ0n) is 6.20. The van der Waals surface area contributed by atoms with E-state index in [-0.39, 0.29) is 0 Å². The molecule has 3 heteroatoms. The first kappa shape index (κ1) is 7.90. The molecule has 1 aromatic carbocycles. The summed E-state index contributed by atoms with van der Waals surface area (Å²) in [5.41, 5.74) is 1.17. The molecule has 0 fully saturated rings. The van der Waals surface area contributed by atoms with Crippen molar-refractivity contribution in [3.63, 3.8) is 0 Å². The van der Waals surface area contributed by atoms with E-state index < -0.39 is 0 Å². The molecule has 0 saturated heterocycles. The molecule has 0 radical (unpaired) electrons. The lowest BCUT2D eigenvalue weighted by Gasteiger charge is -1.97. The second kappa shape index (κ2) is 3.33. The third kappa shape index (κ3) is 1.54. The van der Waals surface area contributed by atoms with Crippen LogP contribution in [0.5, 0.6) is 0 Å². The summed E-state index contributed by atoms with van der Waals surface area (Å²) >= 11 is 7.16. The number of rotatable bonds is 0. The molecule has 0 atom stereocenters. The fraction of sp³-hybridized carbons (Fsp3) is 0. The molecule has 1 nitrogen and oxygen atoms in total. The first-order valence-corrected chi connectivity index (χ1v) is 4.69. The number of hydrogen-bond acceptors (Lipinski definition) is 2. The molecule has 1 aliphatic rings. The van der Waals surface area contributed by atoms with Crippen LogP contribution in [0.4, 0.5) is 0 Å². The van der Waals surface area contributed by atoms with Crippen molar-refractivity contribution in [1.29, 1.82) is 0 Å². The van der Waals surface area contributed by atoms with Gasteiger partial charge in [0.05, 0.1) is 0 Å². The highest BCUT2D eigenvalue weighted by Crippen LogP contribution is 2.27. The first-order valence-electron chi connectivity index (χ1n) is 3.54. The molecule has 0 amide bonds. The van der Waals surface area contributed by atoms with Gasteiger partial charge in [-0.05, 0) is 17.7 Å². The topological polar surface area (TPSA) is 12.4 Å². The molecule has 0 aliphatic carbocycles. The SMILES string of the molecule is ClC1=NSc2ccccc2C=C1. The van der Waals surface area contributed by atoms with Crippen LogP contribution in [0.25, 0.3) is 6.08 Å². The maximum absolute atomic E-state index is 5.75. The van der Waals surface area contributed by atoms with Crippen LogP contribution in [-0.2, 0) is 0 Å². The van der Waals surface area contributed by atoms with Gasteiger partial charge in [-0.3, -0.25) is 0 Å². The second-order valence-corrected chi connectivity index (χ2v) is 3.57. The highest BCUT2D eigenvalue weighted by atomic mass is 35.5. The van der Waals surface area contributed by atoms with Gasteiger partial charge in [0.25, 0.3) is 0 Å². The van der Waals surface area contributed by atoms with Gasteiger partial charge in [0, 0.05) is 16.8 Å². The summed E-state index contributed by atoms with van der Waals surface area (Å²) in [5.74, 6) is 0. The highest BCUT2D eigenvalue weighted by molar-refractivity contribution is 7.98. The molecular formula is C9H6ClNS. The molecule has 0 unspecified atom stereocenters. The summed E-state index contributed by atoms with van der Waals surface area (Å²) in [6.45, 7) is 0. The second-order valence-electron chi connectivity index (χ2n) is 2.38.